The Balaban J connectivity index is 2.10. The van der Waals surface area contributed by atoms with Crippen LogP contribution in [0.1, 0.15) is 38.4 Å². The lowest BCUT2D eigenvalue weighted by Gasteiger charge is -2.17. The highest BCUT2D eigenvalue weighted by molar-refractivity contribution is 8.00. The smallest absolute Gasteiger partial charge is 0.319 e. The molecule has 0 amide bonds. The van der Waals surface area contributed by atoms with E-state index in [0.717, 1.165) is 28.3 Å². The van der Waals surface area contributed by atoms with Gasteiger partial charge in [-0.1, -0.05) is 43.3 Å². The molecule has 2 atom stereocenters. The van der Waals surface area contributed by atoms with Crippen molar-refractivity contribution in [3.8, 4) is 5.69 Å². The molecular formula is C20H24N2O3S2. The lowest BCUT2D eigenvalue weighted by atomic mass is 10.2. The van der Waals surface area contributed by atoms with Crippen molar-refractivity contribution in [2.45, 2.75) is 61.1 Å². The van der Waals surface area contributed by atoms with Gasteiger partial charge in [0.15, 0.2) is 5.16 Å². The average molecular weight is 405 g/mol. The zero-order valence-electron chi connectivity index (χ0n) is 16.0. The molecule has 144 valence electrons. The van der Waals surface area contributed by atoms with E-state index in [1.54, 1.807) is 23.3 Å². The summed E-state index contributed by atoms with van der Waals surface area (Å²) in [6, 6.07) is 7.79. The molecule has 0 spiro atoms. The van der Waals surface area contributed by atoms with E-state index in [1.165, 1.54) is 11.8 Å². The first-order valence-electron chi connectivity index (χ1n) is 9.17. The van der Waals surface area contributed by atoms with Gasteiger partial charge in [0.25, 0.3) is 5.56 Å². The summed E-state index contributed by atoms with van der Waals surface area (Å²) in [6.45, 7) is 8.18. The van der Waals surface area contributed by atoms with Crippen molar-refractivity contribution in [2.75, 3.05) is 6.61 Å². The van der Waals surface area contributed by atoms with Crippen LogP contribution in [0.25, 0.3) is 5.69 Å². The largest absolute Gasteiger partial charge is 0.465 e. The third-order valence-electron chi connectivity index (χ3n) is 4.34. The SMILES string of the molecule is CCOC(=O)[C@@H](CC)Sc1nc2c(c(=O)n1-c1ccc(C)cc1)S[C@H](C)C2. The first kappa shape index (κ1) is 20.0. The summed E-state index contributed by atoms with van der Waals surface area (Å²) in [5, 5.41) is 0.495. The highest BCUT2D eigenvalue weighted by Gasteiger charge is 2.29. The molecule has 1 aliphatic rings. The molecule has 0 radical (unpaired) electrons. The van der Waals surface area contributed by atoms with E-state index in [4.69, 9.17) is 9.72 Å². The van der Waals surface area contributed by atoms with Crippen LogP contribution in [0, 0.1) is 6.92 Å². The molecule has 7 heteroatoms. The van der Waals surface area contributed by atoms with E-state index in [0.29, 0.717) is 23.4 Å². The van der Waals surface area contributed by atoms with Gasteiger partial charge >= 0.3 is 5.97 Å². The minimum atomic E-state index is -0.391. The predicted molar refractivity (Wildman–Crippen MR) is 110 cm³/mol. The summed E-state index contributed by atoms with van der Waals surface area (Å²) in [4.78, 5) is 31.0. The molecule has 0 saturated heterocycles. The molecule has 1 aromatic heterocycles. The number of benzene rings is 1. The Morgan fingerprint density at radius 2 is 2.07 bits per heavy atom. The fourth-order valence-corrected chi connectivity index (χ4v) is 5.10. The molecule has 2 heterocycles. The quantitative estimate of drug-likeness (QED) is 0.412. The van der Waals surface area contributed by atoms with Crippen molar-refractivity contribution in [3.05, 3.63) is 45.9 Å². The Morgan fingerprint density at radius 3 is 2.70 bits per heavy atom. The van der Waals surface area contributed by atoms with Gasteiger partial charge in [-0.2, -0.15) is 0 Å². The van der Waals surface area contributed by atoms with E-state index in [1.807, 2.05) is 38.1 Å². The maximum absolute atomic E-state index is 13.3. The van der Waals surface area contributed by atoms with Gasteiger partial charge in [0.2, 0.25) is 0 Å². The number of hydrogen-bond donors (Lipinski definition) is 0. The van der Waals surface area contributed by atoms with Crippen LogP contribution in [-0.4, -0.2) is 32.6 Å². The lowest BCUT2D eigenvalue weighted by Crippen LogP contribution is -2.26. The minimum absolute atomic E-state index is 0.0561. The molecule has 27 heavy (non-hydrogen) atoms. The number of thioether (sulfide) groups is 2. The molecule has 1 aromatic carbocycles. The second kappa shape index (κ2) is 8.52. The summed E-state index contributed by atoms with van der Waals surface area (Å²) < 4.78 is 6.82. The monoisotopic (exact) mass is 404 g/mol. The topological polar surface area (TPSA) is 61.2 Å². The van der Waals surface area contributed by atoms with Crippen molar-refractivity contribution >= 4 is 29.5 Å². The van der Waals surface area contributed by atoms with Crippen LogP contribution in [0.4, 0.5) is 0 Å². The summed E-state index contributed by atoms with van der Waals surface area (Å²) in [5.74, 6) is -0.266. The summed E-state index contributed by atoms with van der Waals surface area (Å²) in [6.07, 6.45) is 1.38. The molecule has 0 aliphatic carbocycles. The van der Waals surface area contributed by atoms with Gasteiger partial charge in [-0.3, -0.25) is 14.2 Å². The van der Waals surface area contributed by atoms with Gasteiger partial charge in [0, 0.05) is 11.7 Å². The zero-order valence-corrected chi connectivity index (χ0v) is 17.7. The predicted octanol–water partition coefficient (Wildman–Crippen LogP) is 4.01. The Kier molecular flexibility index (Phi) is 6.32. The van der Waals surface area contributed by atoms with Gasteiger partial charge in [-0.05, 0) is 32.4 Å². The van der Waals surface area contributed by atoms with E-state index >= 15 is 0 Å². The van der Waals surface area contributed by atoms with Crippen molar-refractivity contribution in [1.82, 2.24) is 9.55 Å². The number of rotatable bonds is 6. The molecule has 3 rings (SSSR count). The first-order valence-corrected chi connectivity index (χ1v) is 10.9. The first-order chi connectivity index (χ1) is 12.9. The zero-order chi connectivity index (χ0) is 19.6. The molecule has 2 aromatic rings. The molecule has 0 fully saturated rings. The number of fused-ring (bicyclic) bond motifs is 1. The Bertz CT molecular complexity index is 893. The van der Waals surface area contributed by atoms with Crippen LogP contribution in [0.15, 0.2) is 39.1 Å². The Hall–Kier alpha value is -1.73. The number of aryl methyl sites for hydroxylation is 1. The second-order valence-electron chi connectivity index (χ2n) is 6.55. The van der Waals surface area contributed by atoms with Crippen LogP contribution < -0.4 is 5.56 Å². The maximum Gasteiger partial charge on any atom is 0.319 e. The fraction of sp³-hybridized carbons (Fsp3) is 0.450. The summed E-state index contributed by atoms with van der Waals surface area (Å²) >= 11 is 2.89. The minimum Gasteiger partial charge on any atom is -0.465 e. The molecular weight excluding hydrogens is 380 g/mol. The number of hydrogen-bond acceptors (Lipinski definition) is 6. The van der Waals surface area contributed by atoms with Crippen LogP contribution in [0.5, 0.6) is 0 Å². The van der Waals surface area contributed by atoms with Crippen molar-refractivity contribution < 1.29 is 9.53 Å². The number of aromatic nitrogens is 2. The van der Waals surface area contributed by atoms with Crippen LogP contribution in [-0.2, 0) is 16.0 Å². The second-order valence-corrected chi connectivity index (χ2v) is 9.16. The van der Waals surface area contributed by atoms with E-state index in [2.05, 4.69) is 6.92 Å². The van der Waals surface area contributed by atoms with Crippen LogP contribution in [0.3, 0.4) is 0 Å². The third-order valence-corrected chi connectivity index (χ3v) is 6.85. The Labute approximate surface area is 167 Å². The molecule has 1 aliphatic heterocycles. The molecule has 0 saturated carbocycles. The maximum atomic E-state index is 13.3. The normalized spacial score (nSPS) is 16.8. The van der Waals surface area contributed by atoms with Gasteiger partial charge < -0.3 is 4.74 Å². The van der Waals surface area contributed by atoms with Gasteiger partial charge in [-0.25, -0.2) is 4.98 Å². The number of carbonyl (C=O) groups is 1. The lowest BCUT2D eigenvalue weighted by molar-refractivity contribution is -0.142. The number of carbonyl (C=O) groups excluding carboxylic acids is 1. The number of esters is 1. The number of nitrogens with zero attached hydrogens (tertiary/aromatic N) is 2. The van der Waals surface area contributed by atoms with Gasteiger partial charge in [0.05, 0.1) is 22.9 Å². The standard InChI is InChI=1S/C20H24N2O3S2/c1-5-16(19(24)25-6-2)27-20-21-15-11-13(4)26-17(15)18(23)22(20)14-9-7-12(3)8-10-14/h7-10,13,16H,5-6,11H2,1-4H3/t13-,16-/m1/s1. The average Bonchev–Trinajstić information content (AvgIpc) is 3.02. The molecule has 5 nitrogen and oxygen atoms in total. The molecule has 0 bridgehead atoms. The fourth-order valence-electron chi connectivity index (χ4n) is 2.96. The summed E-state index contributed by atoms with van der Waals surface area (Å²) in [7, 11) is 0. The van der Waals surface area contributed by atoms with Crippen LogP contribution >= 0.6 is 23.5 Å². The highest BCUT2D eigenvalue weighted by atomic mass is 32.2. The summed E-state index contributed by atoms with van der Waals surface area (Å²) in [5.41, 5.74) is 2.67. The molecule has 0 N–H and O–H groups in total. The van der Waals surface area contributed by atoms with Crippen molar-refractivity contribution in [3.63, 3.8) is 0 Å². The van der Waals surface area contributed by atoms with E-state index < -0.39 is 5.25 Å². The van der Waals surface area contributed by atoms with E-state index in [9.17, 15) is 9.59 Å². The Morgan fingerprint density at radius 1 is 1.37 bits per heavy atom. The highest BCUT2D eigenvalue weighted by Crippen LogP contribution is 2.36. The van der Waals surface area contributed by atoms with Gasteiger partial charge in [-0.15, -0.1) is 11.8 Å². The third kappa shape index (κ3) is 4.24. The van der Waals surface area contributed by atoms with Crippen molar-refractivity contribution in [1.29, 1.82) is 0 Å². The van der Waals surface area contributed by atoms with Gasteiger partial charge in [0.1, 0.15) is 5.25 Å². The van der Waals surface area contributed by atoms with Crippen LogP contribution in [0.2, 0.25) is 0 Å². The van der Waals surface area contributed by atoms with Crippen molar-refractivity contribution in [2.24, 2.45) is 0 Å². The molecule has 0 unspecified atom stereocenters. The van der Waals surface area contributed by atoms with E-state index in [-0.39, 0.29) is 11.5 Å². The number of ether oxygens (including phenoxy) is 1.